The fourth-order valence-electron chi connectivity index (χ4n) is 1.42. The van der Waals surface area contributed by atoms with E-state index < -0.39 is 0 Å². The molecule has 0 fully saturated rings. The van der Waals surface area contributed by atoms with Crippen LogP contribution in [0.3, 0.4) is 0 Å². The molecule has 0 saturated carbocycles. The molecule has 1 atom stereocenters. The van der Waals surface area contributed by atoms with E-state index in [0.717, 1.165) is 6.42 Å². The normalized spacial score (nSPS) is 21.2. The van der Waals surface area contributed by atoms with Crippen LogP contribution in [0.15, 0.2) is 45.4 Å². The number of allylic oxidation sites excluding steroid dienone is 1. The van der Waals surface area contributed by atoms with Gasteiger partial charge in [0, 0.05) is 0 Å². The molecule has 0 aromatic heterocycles. The summed E-state index contributed by atoms with van der Waals surface area (Å²) in [6, 6.07) is 10.8. The van der Waals surface area contributed by atoms with Gasteiger partial charge in [-0.3, -0.25) is 0 Å². The Labute approximate surface area is 89.5 Å². The van der Waals surface area contributed by atoms with E-state index in [4.69, 9.17) is 0 Å². The molecule has 0 aliphatic carbocycles. The summed E-state index contributed by atoms with van der Waals surface area (Å²) in [4.78, 5) is 4.45. The maximum atomic E-state index is 4.45. The number of hydrogen-bond donors (Lipinski definition) is 0. The summed E-state index contributed by atoms with van der Waals surface area (Å²) in [5.41, 5.74) is 1.31. The van der Waals surface area contributed by atoms with Crippen molar-refractivity contribution in [2.24, 2.45) is 4.99 Å². The van der Waals surface area contributed by atoms with Gasteiger partial charge in [-0.05, 0) is 0 Å². The van der Waals surface area contributed by atoms with E-state index in [1.807, 2.05) is 12.3 Å². The van der Waals surface area contributed by atoms with Crippen molar-refractivity contribution in [3.63, 3.8) is 0 Å². The zero-order valence-corrected chi connectivity index (χ0v) is 9.19. The zero-order valence-electron chi connectivity index (χ0n) is 7.18. The summed E-state index contributed by atoms with van der Waals surface area (Å²) in [5, 5.41) is 0. The van der Waals surface area contributed by atoms with Gasteiger partial charge in [0.1, 0.15) is 0 Å². The second-order valence-electron chi connectivity index (χ2n) is 3.06. The Kier molecular flexibility index (Phi) is 2.75. The van der Waals surface area contributed by atoms with Gasteiger partial charge in [-0.15, -0.1) is 0 Å². The molecule has 1 aliphatic rings. The van der Waals surface area contributed by atoms with Crippen LogP contribution in [0.4, 0.5) is 0 Å². The van der Waals surface area contributed by atoms with Crippen molar-refractivity contribution in [3.05, 3.63) is 45.9 Å². The molecule has 0 radical (unpaired) electrons. The third-order valence-corrected chi connectivity index (χ3v) is 2.85. The number of benzene rings is 1. The van der Waals surface area contributed by atoms with Gasteiger partial charge >= 0.3 is 89.4 Å². The molecule has 1 heterocycles. The van der Waals surface area contributed by atoms with E-state index in [2.05, 4.69) is 55.1 Å². The Bertz CT molecular complexity index is 340. The predicted octanol–water partition coefficient (Wildman–Crippen LogP) is 2.63. The van der Waals surface area contributed by atoms with Gasteiger partial charge in [-0.1, -0.05) is 0 Å². The maximum absolute atomic E-state index is 4.45. The SMILES string of the molecule is [Mo][C]1=CC=NC(c2ccccc2)C1. The first-order valence-corrected chi connectivity index (χ1v) is 5.31. The molecular formula is C11H10MoN. The Morgan fingerprint density at radius 3 is 2.69 bits per heavy atom. The van der Waals surface area contributed by atoms with Gasteiger partial charge in [-0.2, -0.15) is 0 Å². The van der Waals surface area contributed by atoms with Crippen LogP contribution in [-0.2, 0) is 19.8 Å². The Morgan fingerprint density at radius 1 is 1.23 bits per heavy atom. The van der Waals surface area contributed by atoms with E-state index >= 15 is 0 Å². The van der Waals surface area contributed by atoms with Crippen molar-refractivity contribution >= 4 is 6.21 Å². The topological polar surface area (TPSA) is 12.4 Å². The Hall–Kier alpha value is -0.682. The van der Waals surface area contributed by atoms with Crippen LogP contribution < -0.4 is 0 Å². The Morgan fingerprint density at radius 2 is 2.00 bits per heavy atom. The molecule has 0 amide bonds. The summed E-state index contributed by atoms with van der Waals surface area (Å²) >= 11 is 2.08. The first kappa shape index (κ1) is 8.90. The van der Waals surface area contributed by atoms with Crippen molar-refractivity contribution in [2.45, 2.75) is 12.5 Å². The second kappa shape index (κ2) is 4.02. The fraction of sp³-hybridized carbons (Fsp3) is 0.182. The summed E-state index contributed by atoms with van der Waals surface area (Å²) in [6.07, 6.45) is 5.06. The van der Waals surface area contributed by atoms with E-state index in [0.29, 0.717) is 6.04 Å². The number of rotatable bonds is 1. The molecule has 2 rings (SSSR count). The molecule has 1 aromatic rings. The van der Waals surface area contributed by atoms with Crippen LogP contribution in [0.1, 0.15) is 18.0 Å². The van der Waals surface area contributed by atoms with Crippen molar-refractivity contribution in [2.75, 3.05) is 0 Å². The van der Waals surface area contributed by atoms with Gasteiger partial charge in [0.25, 0.3) is 0 Å². The summed E-state index contributed by atoms with van der Waals surface area (Å²) in [6.45, 7) is 0. The van der Waals surface area contributed by atoms with Crippen LogP contribution in [0.5, 0.6) is 0 Å². The molecule has 1 unspecified atom stereocenters. The van der Waals surface area contributed by atoms with Crippen LogP contribution in [-0.4, -0.2) is 6.21 Å². The third-order valence-electron chi connectivity index (χ3n) is 2.11. The third kappa shape index (κ3) is 2.16. The van der Waals surface area contributed by atoms with Crippen LogP contribution in [0, 0.1) is 0 Å². The van der Waals surface area contributed by atoms with Crippen LogP contribution >= 0.6 is 0 Å². The van der Waals surface area contributed by atoms with Gasteiger partial charge in [0.15, 0.2) is 0 Å². The van der Waals surface area contributed by atoms with Gasteiger partial charge in [-0.25, -0.2) is 0 Å². The van der Waals surface area contributed by atoms with Crippen molar-refractivity contribution in [1.82, 2.24) is 0 Å². The molecule has 13 heavy (non-hydrogen) atoms. The zero-order chi connectivity index (χ0) is 9.10. The number of dihydropyridines is 1. The summed E-state index contributed by atoms with van der Waals surface area (Å²) in [5.74, 6) is 0. The number of nitrogens with zero attached hydrogens (tertiary/aromatic N) is 1. The van der Waals surface area contributed by atoms with Gasteiger partial charge in [0.2, 0.25) is 0 Å². The standard InChI is InChI=1S/C11H10N.Mo/c1-2-6-10(7-3-1)11-8-4-5-9-12-11;/h1-3,5-7,9,11H,8H2;. The van der Waals surface area contributed by atoms with Crippen LogP contribution in [0.25, 0.3) is 0 Å². The van der Waals surface area contributed by atoms with Crippen molar-refractivity contribution in [1.29, 1.82) is 0 Å². The van der Waals surface area contributed by atoms with E-state index in [-0.39, 0.29) is 0 Å². The molecule has 0 saturated heterocycles. The minimum atomic E-state index is 0.342. The first-order valence-electron chi connectivity index (χ1n) is 4.30. The molecule has 0 spiro atoms. The van der Waals surface area contributed by atoms with E-state index in [1.165, 1.54) is 9.53 Å². The average molecular weight is 252 g/mol. The molecular weight excluding hydrogens is 242 g/mol. The fourth-order valence-corrected chi connectivity index (χ4v) is 1.96. The van der Waals surface area contributed by atoms with E-state index in [9.17, 15) is 0 Å². The number of aliphatic imine (C=N–C) groups is 1. The monoisotopic (exact) mass is 254 g/mol. The molecule has 65 valence electrons. The molecule has 1 nitrogen and oxygen atoms in total. The molecule has 0 N–H and O–H groups in total. The quantitative estimate of drug-likeness (QED) is 0.681. The summed E-state index contributed by atoms with van der Waals surface area (Å²) in [7, 11) is 0. The average Bonchev–Trinajstić information content (AvgIpc) is 2.19. The van der Waals surface area contributed by atoms with Gasteiger partial charge < -0.3 is 0 Å². The summed E-state index contributed by atoms with van der Waals surface area (Å²) < 4.78 is 1.42. The Balaban J connectivity index is 2.21. The number of hydrogen-bond acceptors (Lipinski definition) is 1. The van der Waals surface area contributed by atoms with Crippen molar-refractivity contribution in [3.8, 4) is 0 Å². The van der Waals surface area contributed by atoms with E-state index in [1.54, 1.807) is 0 Å². The molecule has 1 aromatic carbocycles. The molecule has 1 aliphatic heterocycles. The van der Waals surface area contributed by atoms with Crippen molar-refractivity contribution < 1.29 is 19.8 Å². The van der Waals surface area contributed by atoms with Crippen LogP contribution in [0.2, 0.25) is 0 Å². The van der Waals surface area contributed by atoms with Gasteiger partial charge in [0.05, 0.1) is 0 Å². The first-order chi connectivity index (χ1) is 6.36. The molecule has 0 bridgehead atoms. The molecule has 2 heteroatoms. The predicted molar refractivity (Wildman–Crippen MR) is 50.4 cm³/mol. The minimum absolute atomic E-state index is 0.342. The second-order valence-corrected chi connectivity index (χ2v) is 4.35.